The van der Waals surface area contributed by atoms with Crippen LogP contribution in [-0.4, -0.2) is 37.1 Å². The van der Waals surface area contributed by atoms with Crippen molar-refractivity contribution in [3.63, 3.8) is 0 Å². The van der Waals surface area contributed by atoms with Gasteiger partial charge in [-0.15, -0.1) is 0 Å². The van der Waals surface area contributed by atoms with Gasteiger partial charge in [-0.2, -0.15) is 0 Å². The first-order chi connectivity index (χ1) is 11.7. The van der Waals surface area contributed by atoms with Crippen LogP contribution in [0.3, 0.4) is 0 Å². The molecule has 0 amide bonds. The molecule has 0 bridgehead atoms. The van der Waals surface area contributed by atoms with Gasteiger partial charge in [-0.1, -0.05) is 6.07 Å². The molecule has 0 saturated carbocycles. The Morgan fingerprint density at radius 1 is 1.24 bits per heavy atom. The maximum Gasteiger partial charge on any atom is 0.356 e. The monoisotopic (exact) mass is 364 g/mol. The molecule has 0 unspecified atom stereocenters. The van der Waals surface area contributed by atoms with Crippen molar-refractivity contribution in [1.82, 2.24) is 4.98 Å². The lowest BCUT2D eigenvalue weighted by Gasteiger charge is -2.11. The summed E-state index contributed by atoms with van der Waals surface area (Å²) >= 11 is 0. The van der Waals surface area contributed by atoms with Crippen LogP contribution in [-0.2, 0) is 14.8 Å². The number of carbonyl (C=O) groups excluding carboxylic acids is 1. The summed E-state index contributed by atoms with van der Waals surface area (Å²) < 4.78 is 32.1. The second-order valence-corrected chi connectivity index (χ2v) is 6.69. The molecule has 0 radical (unpaired) electrons. The number of benzene rings is 1. The molecule has 2 aromatic rings. The predicted octanol–water partition coefficient (Wildman–Crippen LogP) is 2.07. The number of esters is 1. The average Bonchev–Trinajstić information content (AvgIpc) is 2.55. The first-order valence-corrected chi connectivity index (χ1v) is 8.73. The van der Waals surface area contributed by atoms with Crippen LogP contribution in [0.15, 0.2) is 41.4 Å². The SMILES string of the molecule is CCOC(=O)c1ccc(NS(=O)(=O)c2cc(C(=O)O)ccc2C)cn1. The quantitative estimate of drug-likeness (QED) is 0.752. The second kappa shape index (κ2) is 7.31. The van der Waals surface area contributed by atoms with Crippen molar-refractivity contribution >= 4 is 27.6 Å². The molecule has 1 heterocycles. The zero-order chi connectivity index (χ0) is 18.6. The molecule has 9 heteroatoms. The van der Waals surface area contributed by atoms with E-state index in [9.17, 15) is 18.0 Å². The highest BCUT2D eigenvalue weighted by Crippen LogP contribution is 2.21. The molecule has 1 aromatic heterocycles. The molecule has 8 nitrogen and oxygen atoms in total. The van der Waals surface area contributed by atoms with E-state index in [1.54, 1.807) is 13.8 Å². The number of hydrogen-bond acceptors (Lipinski definition) is 6. The van der Waals surface area contributed by atoms with Gasteiger partial charge in [0.15, 0.2) is 0 Å². The molecule has 0 atom stereocenters. The Labute approximate surface area is 144 Å². The molecule has 25 heavy (non-hydrogen) atoms. The average molecular weight is 364 g/mol. The molecule has 2 rings (SSSR count). The minimum atomic E-state index is -4.01. The zero-order valence-electron chi connectivity index (χ0n) is 13.5. The highest BCUT2D eigenvalue weighted by atomic mass is 32.2. The van der Waals surface area contributed by atoms with E-state index in [1.165, 1.54) is 30.5 Å². The normalized spacial score (nSPS) is 11.0. The van der Waals surface area contributed by atoms with Gasteiger partial charge in [-0.25, -0.2) is 23.0 Å². The molecular formula is C16H16N2O6S. The van der Waals surface area contributed by atoms with Gasteiger partial charge >= 0.3 is 11.9 Å². The van der Waals surface area contributed by atoms with Crippen LogP contribution in [0.25, 0.3) is 0 Å². The number of carbonyl (C=O) groups is 2. The second-order valence-electron chi connectivity index (χ2n) is 5.04. The molecule has 0 aliphatic carbocycles. The van der Waals surface area contributed by atoms with Crippen LogP contribution >= 0.6 is 0 Å². The van der Waals surface area contributed by atoms with Crippen molar-refractivity contribution in [1.29, 1.82) is 0 Å². The summed E-state index contributed by atoms with van der Waals surface area (Å²) in [7, 11) is -4.01. The minimum absolute atomic E-state index is 0.0499. The summed E-state index contributed by atoms with van der Waals surface area (Å²) in [5.41, 5.74) is 0.442. The van der Waals surface area contributed by atoms with Crippen molar-refractivity contribution in [3.8, 4) is 0 Å². The Hall–Kier alpha value is -2.94. The summed E-state index contributed by atoms with van der Waals surface area (Å²) in [6.07, 6.45) is 1.18. The molecular weight excluding hydrogens is 348 g/mol. The smallest absolute Gasteiger partial charge is 0.356 e. The lowest BCUT2D eigenvalue weighted by atomic mass is 10.1. The highest BCUT2D eigenvalue weighted by molar-refractivity contribution is 7.92. The summed E-state index contributed by atoms with van der Waals surface area (Å²) in [4.78, 5) is 26.3. The van der Waals surface area contributed by atoms with Gasteiger partial charge in [-0.3, -0.25) is 4.72 Å². The van der Waals surface area contributed by atoms with Gasteiger partial charge in [0.1, 0.15) is 5.69 Å². The topological polar surface area (TPSA) is 123 Å². The molecule has 0 spiro atoms. The first kappa shape index (κ1) is 18.4. The van der Waals surface area contributed by atoms with Crippen molar-refractivity contribution in [3.05, 3.63) is 53.3 Å². The van der Waals surface area contributed by atoms with E-state index in [-0.39, 0.29) is 28.4 Å². The molecule has 0 fully saturated rings. The van der Waals surface area contributed by atoms with Crippen LogP contribution in [0.2, 0.25) is 0 Å². The lowest BCUT2D eigenvalue weighted by molar-refractivity contribution is 0.0519. The number of nitrogens with one attached hydrogen (secondary N) is 1. The maximum atomic E-state index is 12.5. The standard InChI is InChI=1S/C16H16N2O6S/c1-3-24-16(21)13-7-6-12(9-17-13)18-25(22,23)14-8-11(15(19)20)5-4-10(14)2/h4-9,18H,3H2,1-2H3,(H,19,20). The van der Waals surface area contributed by atoms with Gasteiger partial charge in [0.25, 0.3) is 10.0 Å². The van der Waals surface area contributed by atoms with E-state index in [0.29, 0.717) is 5.56 Å². The van der Waals surface area contributed by atoms with Crippen LogP contribution in [0.1, 0.15) is 33.3 Å². The van der Waals surface area contributed by atoms with Gasteiger partial charge in [0.05, 0.1) is 29.0 Å². The van der Waals surface area contributed by atoms with Crippen LogP contribution in [0, 0.1) is 6.92 Å². The number of rotatable bonds is 6. The number of aryl methyl sites for hydroxylation is 1. The summed E-state index contributed by atoms with van der Waals surface area (Å²) in [5.74, 6) is -1.83. The van der Waals surface area contributed by atoms with Gasteiger partial charge in [0, 0.05) is 0 Å². The fourth-order valence-electron chi connectivity index (χ4n) is 2.01. The molecule has 0 saturated heterocycles. The van der Waals surface area contributed by atoms with Crippen LogP contribution in [0.5, 0.6) is 0 Å². The molecule has 0 aliphatic rings. The Morgan fingerprint density at radius 2 is 1.96 bits per heavy atom. The largest absolute Gasteiger partial charge is 0.478 e. The number of aromatic carboxylic acids is 1. The number of nitrogens with zero attached hydrogens (tertiary/aromatic N) is 1. The van der Waals surface area contributed by atoms with Crippen LogP contribution in [0.4, 0.5) is 5.69 Å². The maximum absolute atomic E-state index is 12.5. The Morgan fingerprint density at radius 3 is 2.52 bits per heavy atom. The van der Waals surface area contributed by atoms with Gasteiger partial charge in [0.2, 0.25) is 0 Å². The van der Waals surface area contributed by atoms with Gasteiger partial charge in [-0.05, 0) is 43.7 Å². The molecule has 0 aliphatic heterocycles. The number of hydrogen-bond donors (Lipinski definition) is 2. The summed E-state index contributed by atoms with van der Waals surface area (Å²) in [5, 5.41) is 9.01. The fourth-order valence-corrected chi connectivity index (χ4v) is 3.33. The van der Waals surface area contributed by atoms with E-state index in [0.717, 1.165) is 6.07 Å². The third-order valence-corrected chi connectivity index (χ3v) is 4.75. The van der Waals surface area contributed by atoms with E-state index >= 15 is 0 Å². The van der Waals surface area contributed by atoms with E-state index in [4.69, 9.17) is 9.84 Å². The third-order valence-electron chi connectivity index (χ3n) is 3.22. The van der Waals surface area contributed by atoms with Crippen molar-refractivity contribution in [2.45, 2.75) is 18.7 Å². The van der Waals surface area contributed by atoms with E-state index < -0.39 is 22.0 Å². The van der Waals surface area contributed by atoms with Crippen molar-refractivity contribution in [2.75, 3.05) is 11.3 Å². The number of anilines is 1. The highest BCUT2D eigenvalue weighted by Gasteiger charge is 2.19. The fraction of sp³-hybridized carbons (Fsp3) is 0.188. The van der Waals surface area contributed by atoms with E-state index in [2.05, 4.69) is 9.71 Å². The molecule has 1 aromatic carbocycles. The zero-order valence-corrected chi connectivity index (χ0v) is 14.3. The Kier molecular flexibility index (Phi) is 5.38. The number of carboxylic acids is 1. The van der Waals surface area contributed by atoms with Crippen LogP contribution < -0.4 is 4.72 Å². The first-order valence-electron chi connectivity index (χ1n) is 7.24. The van der Waals surface area contributed by atoms with Crippen molar-refractivity contribution < 1.29 is 27.9 Å². The Balaban J connectivity index is 2.29. The molecule has 132 valence electrons. The number of sulfonamides is 1. The van der Waals surface area contributed by atoms with Gasteiger partial charge < -0.3 is 9.84 Å². The summed E-state index contributed by atoms with van der Waals surface area (Å²) in [6.45, 7) is 3.42. The van der Waals surface area contributed by atoms with Crippen molar-refractivity contribution in [2.24, 2.45) is 0 Å². The third kappa shape index (κ3) is 4.32. The number of aromatic nitrogens is 1. The predicted molar refractivity (Wildman–Crippen MR) is 89.1 cm³/mol. The summed E-state index contributed by atoms with van der Waals surface area (Å²) in [6, 6.07) is 6.52. The number of pyridine rings is 1. The minimum Gasteiger partial charge on any atom is -0.478 e. The Bertz CT molecular complexity index is 907. The lowest BCUT2D eigenvalue weighted by Crippen LogP contribution is -2.16. The number of ether oxygens (including phenoxy) is 1. The number of carboxylic acid groups (broad SMARTS) is 1. The molecule has 2 N–H and O–H groups in total. The van der Waals surface area contributed by atoms with E-state index in [1.807, 2.05) is 0 Å².